The van der Waals surface area contributed by atoms with Gasteiger partial charge in [-0.25, -0.2) is 0 Å². The van der Waals surface area contributed by atoms with Crippen LogP contribution < -0.4 is 20.1 Å². The number of rotatable bonds is 10. The van der Waals surface area contributed by atoms with Gasteiger partial charge >= 0.3 is 0 Å². The number of piperidine rings is 1. The Hall–Kier alpha value is -3.96. The molecule has 0 aliphatic carbocycles. The molecule has 0 spiro atoms. The highest BCUT2D eigenvalue weighted by atomic mass is 16.5. The number of anilines is 1. The lowest BCUT2D eigenvalue weighted by atomic mass is 9.96. The monoisotopic (exact) mass is 549 g/mol. The minimum absolute atomic E-state index is 0.0490. The zero-order valence-corrected chi connectivity index (χ0v) is 22.9. The molecular formula is C29H35N5O6. The molecule has 11 nitrogen and oxygen atoms in total. The van der Waals surface area contributed by atoms with E-state index in [9.17, 15) is 9.59 Å². The highest BCUT2D eigenvalue weighted by molar-refractivity contribution is 6.04. The summed E-state index contributed by atoms with van der Waals surface area (Å²) in [7, 11) is 3.16. The third-order valence-electron chi connectivity index (χ3n) is 7.29. The number of likely N-dealkylation sites (tertiary alicyclic amines) is 1. The Kier molecular flexibility index (Phi) is 8.92. The fourth-order valence-electron chi connectivity index (χ4n) is 5.15. The second-order valence-electron chi connectivity index (χ2n) is 10.0. The first-order valence-corrected chi connectivity index (χ1v) is 13.6. The first kappa shape index (κ1) is 27.6. The number of aromatic nitrogens is 2. The first-order chi connectivity index (χ1) is 19.5. The zero-order chi connectivity index (χ0) is 27.9. The van der Waals surface area contributed by atoms with E-state index < -0.39 is 0 Å². The Morgan fingerprint density at radius 2 is 1.93 bits per heavy atom. The number of nitrogens with one attached hydrogen (secondary N) is 2. The number of methoxy groups -OCH3 is 2. The summed E-state index contributed by atoms with van der Waals surface area (Å²) in [6.45, 7) is 3.00. The lowest BCUT2D eigenvalue weighted by Gasteiger charge is -2.31. The van der Waals surface area contributed by atoms with Crippen LogP contribution in [0, 0.1) is 5.92 Å². The molecule has 0 bridgehead atoms. The van der Waals surface area contributed by atoms with Crippen LogP contribution in [0.1, 0.15) is 41.9 Å². The van der Waals surface area contributed by atoms with E-state index in [2.05, 4.69) is 25.7 Å². The van der Waals surface area contributed by atoms with E-state index in [1.54, 1.807) is 44.6 Å². The molecule has 0 radical (unpaired) electrons. The van der Waals surface area contributed by atoms with Crippen molar-refractivity contribution in [2.75, 3.05) is 45.8 Å². The zero-order valence-electron chi connectivity index (χ0n) is 22.9. The summed E-state index contributed by atoms with van der Waals surface area (Å²) >= 11 is 0. The topological polar surface area (TPSA) is 128 Å². The average Bonchev–Trinajstić information content (AvgIpc) is 3.68. The first-order valence-electron chi connectivity index (χ1n) is 13.6. The Bertz CT molecular complexity index is 1320. The van der Waals surface area contributed by atoms with Gasteiger partial charge < -0.3 is 29.4 Å². The maximum Gasteiger partial charge on any atom is 0.253 e. The highest BCUT2D eigenvalue weighted by Gasteiger charge is 2.28. The number of para-hydroxylation sites is 1. The van der Waals surface area contributed by atoms with Gasteiger partial charge in [0, 0.05) is 25.3 Å². The molecule has 212 valence electrons. The molecule has 2 saturated heterocycles. The van der Waals surface area contributed by atoms with Crippen LogP contribution in [0.15, 0.2) is 47.0 Å². The fourth-order valence-corrected chi connectivity index (χ4v) is 5.15. The van der Waals surface area contributed by atoms with E-state index >= 15 is 0 Å². The number of ether oxygens (including phenoxy) is 3. The Morgan fingerprint density at radius 3 is 2.73 bits per heavy atom. The fraction of sp³-hybridized carbons (Fsp3) is 0.448. The van der Waals surface area contributed by atoms with Crippen LogP contribution in [-0.2, 0) is 16.1 Å². The summed E-state index contributed by atoms with van der Waals surface area (Å²) in [5, 5.41) is 10.0. The van der Waals surface area contributed by atoms with Gasteiger partial charge in [-0.2, -0.15) is 4.98 Å². The van der Waals surface area contributed by atoms with Gasteiger partial charge in [0.1, 0.15) is 0 Å². The van der Waals surface area contributed by atoms with E-state index in [0.29, 0.717) is 54.1 Å². The second kappa shape index (κ2) is 12.9. The van der Waals surface area contributed by atoms with Crippen molar-refractivity contribution in [2.45, 2.75) is 38.3 Å². The van der Waals surface area contributed by atoms with Crippen LogP contribution in [0.4, 0.5) is 5.69 Å². The van der Waals surface area contributed by atoms with Crippen molar-refractivity contribution in [1.82, 2.24) is 20.4 Å². The van der Waals surface area contributed by atoms with Crippen molar-refractivity contribution in [1.29, 1.82) is 0 Å². The molecule has 40 heavy (non-hydrogen) atoms. The lowest BCUT2D eigenvalue weighted by molar-refractivity contribution is -0.121. The largest absolute Gasteiger partial charge is 0.493 e. The summed E-state index contributed by atoms with van der Waals surface area (Å²) in [5.74, 6) is 1.56. The standard InChI is InChI=1S/C29H35N5O6/c1-37-24-12-11-19(15-25(24)38-2)27-32-26(40-33-27)18-34-13-5-7-20(17-34)28(35)31-23-10-4-3-9-22(23)29(36)30-16-21-8-6-14-39-21/h3-4,9-12,15,20-21H,5-8,13-14,16-18H2,1-2H3,(H,30,36)(H,31,35). The van der Waals surface area contributed by atoms with Crippen molar-refractivity contribution < 1.29 is 28.3 Å². The number of hydrogen-bond donors (Lipinski definition) is 2. The quantitative estimate of drug-likeness (QED) is 0.390. The van der Waals surface area contributed by atoms with Gasteiger partial charge in [0.05, 0.1) is 44.0 Å². The van der Waals surface area contributed by atoms with E-state index in [4.69, 9.17) is 18.7 Å². The minimum Gasteiger partial charge on any atom is -0.493 e. The molecule has 1 aromatic heterocycles. The van der Waals surface area contributed by atoms with Gasteiger partial charge in [-0.1, -0.05) is 17.3 Å². The molecule has 3 aromatic rings. The maximum absolute atomic E-state index is 13.2. The molecule has 3 heterocycles. The Morgan fingerprint density at radius 1 is 1.07 bits per heavy atom. The lowest BCUT2D eigenvalue weighted by Crippen LogP contribution is -2.40. The minimum atomic E-state index is -0.231. The molecule has 2 aliphatic heterocycles. The predicted octanol–water partition coefficient (Wildman–Crippen LogP) is 3.51. The van der Waals surface area contributed by atoms with Crippen molar-refractivity contribution in [3.05, 3.63) is 53.9 Å². The number of carbonyl (C=O) groups is 2. The molecule has 2 fully saturated rings. The molecule has 2 N–H and O–H groups in total. The Labute approximate surface area is 233 Å². The molecule has 2 atom stereocenters. The van der Waals surface area contributed by atoms with Gasteiger partial charge in [0.25, 0.3) is 5.91 Å². The maximum atomic E-state index is 13.2. The second-order valence-corrected chi connectivity index (χ2v) is 10.0. The highest BCUT2D eigenvalue weighted by Crippen LogP contribution is 2.31. The van der Waals surface area contributed by atoms with Gasteiger partial charge in [0.15, 0.2) is 11.5 Å². The number of carbonyl (C=O) groups excluding carboxylic acids is 2. The van der Waals surface area contributed by atoms with Crippen molar-refractivity contribution in [3.63, 3.8) is 0 Å². The van der Waals surface area contributed by atoms with Crippen molar-refractivity contribution >= 4 is 17.5 Å². The third-order valence-corrected chi connectivity index (χ3v) is 7.29. The van der Waals surface area contributed by atoms with E-state index in [1.807, 2.05) is 12.1 Å². The van der Waals surface area contributed by atoms with E-state index in [1.165, 1.54) is 0 Å². The molecule has 11 heteroatoms. The molecule has 2 unspecified atom stereocenters. The summed E-state index contributed by atoms with van der Waals surface area (Å²) in [4.78, 5) is 32.8. The molecule has 0 saturated carbocycles. The number of hydrogen-bond acceptors (Lipinski definition) is 9. The van der Waals surface area contributed by atoms with Gasteiger partial charge in [-0.3, -0.25) is 14.5 Å². The van der Waals surface area contributed by atoms with Crippen LogP contribution in [0.25, 0.3) is 11.4 Å². The number of nitrogens with zero attached hydrogens (tertiary/aromatic N) is 3. The molecule has 2 aliphatic rings. The van der Waals surface area contributed by atoms with Crippen LogP contribution in [0.2, 0.25) is 0 Å². The number of amides is 2. The van der Waals surface area contributed by atoms with Gasteiger partial charge in [-0.05, 0) is 62.6 Å². The molecule has 2 aromatic carbocycles. The van der Waals surface area contributed by atoms with Crippen LogP contribution in [0.5, 0.6) is 11.5 Å². The predicted molar refractivity (Wildman–Crippen MR) is 147 cm³/mol. The van der Waals surface area contributed by atoms with Crippen LogP contribution in [-0.4, -0.2) is 73.4 Å². The number of benzene rings is 2. The normalized spacial score (nSPS) is 19.2. The summed E-state index contributed by atoms with van der Waals surface area (Å²) < 4.78 is 21.8. The molecule has 5 rings (SSSR count). The molecule has 2 amide bonds. The van der Waals surface area contributed by atoms with Crippen molar-refractivity contribution in [2.24, 2.45) is 5.92 Å². The van der Waals surface area contributed by atoms with Crippen LogP contribution >= 0.6 is 0 Å². The molecular weight excluding hydrogens is 514 g/mol. The third kappa shape index (κ3) is 6.60. The van der Waals surface area contributed by atoms with Crippen LogP contribution in [0.3, 0.4) is 0 Å². The smallest absolute Gasteiger partial charge is 0.253 e. The summed E-state index contributed by atoms with van der Waals surface area (Å²) in [6.07, 6.45) is 3.62. The van der Waals surface area contributed by atoms with Crippen molar-refractivity contribution in [3.8, 4) is 22.9 Å². The Balaban J connectivity index is 1.18. The average molecular weight is 550 g/mol. The SMILES string of the molecule is COc1ccc(-c2noc(CN3CCCC(C(=O)Nc4ccccc4C(=O)NCC4CCCO4)C3)n2)cc1OC. The summed E-state index contributed by atoms with van der Waals surface area (Å²) in [5.41, 5.74) is 1.70. The van der Waals surface area contributed by atoms with Gasteiger partial charge in [-0.15, -0.1) is 0 Å². The van der Waals surface area contributed by atoms with E-state index in [-0.39, 0.29) is 23.8 Å². The van der Waals surface area contributed by atoms with E-state index in [0.717, 1.165) is 44.4 Å². The summed E-state index contributed by atoms with van der Waals surface area (Å²) in [6, 6.07) is 12.5. The van der Waals surface area contributed by atoms with Gasteiger partial charge in [0.2, 0.25) is 17.6 Å².